The van der Waals surface area contributed by atoms with Crippen LogP contribution in [0.5, 0.6) is 34.5 Å². The molecule has 0 aliphatic rings. The second kappa shape index (κ2) is 9.86. The van der Waals surface area contributed by atoms with E-state index in [0.717, 1.165) is 5.56 Å². The monoisotopic (exact) mass is 443 g/mol. The van der Waals surface area contributed by atoms with Crippen molar-refractivity contribution < 1.29 is 38.0 Å². The van der Waals surface area contributed by atoms with Crippen LogP contribution in [0.4, 0.5) is 0 Å². The Morgan fingerprint density at radius 1 is 0.688 bits per heavy atom. The predicted octanol–water partition coefficient (Wildman–Crippen LogP) is 4.47. The minimum Gasteiger partial charge on any atom is -0.493 e. The van der Waals surface area contributed by atoms with Crippen LogP contribution in [0.3, 0.4) is 0 Å². The molecule has 3 aromatic rings. The minimum absolute atomic E-state index is 0.325. The fourth-order valence-corrected chi connectivity index (χ4v) is 3.49. The van der Waals surface area contributed by atoms with E-state index < -0.39 is 0 Å². The number of methoxy groups -OCH3 is 6. The van der Waals surface area contributed by atoms with E-state index in [2.05, 4.69) is 5.16 Å². The first kappa shape index (κ1) is 22.7. The Kier molecular flexibility index (Phi) is 6.99. The van der Waals surface area contributed by atoms with Crippen LogP contribution in [0.15, 0.2) is 40.1 Å². The topological polar surface area (TPSA) is 101 Å². The van der Waals surface area contributed by atoms with E-state index in [0.29, 0.717) is 56.9 Å². The van der Waals surface area contributed by atoms with Gasteiger partial charge in [0, 0.05) is 11.1 Å². The first-order valence-corrected chi connectivity index (χ1v) is 9.46. The highest BCUT2D eigenvalue weighted by Gasteiger charge is 2.23. The predicted molar refractivity (Wildman–Crippen MR) is 118 cm³/mol. The normalized spacial score (nSPS) is 10.8. The van der Waals surface area contributed by atoms with Gasteiger partial charge in [0.15, 0.2) is 28.8 Å². The van der Waals surface area contributed by atoms with Crippen molar-refractivity contribution in [1.29, 1.82) is 0 Å². The lowest BCUT2D eigenvalue weighted by Gasteiger charge is -2.16. The standard InChI is InChI=1S/C23H25NO8/c1-26-16-7-13(8-17(27-2)22(16)30-5)15-12-32-20(11-24-25)21(15)14-9-18(28-3)23(31-6)19(10-14)29-4/h7-12,25H,1-6H3. The van der Waals surface area contributed by atoms with E-state index in [1.54, 1.807) is 44.7 Å². The zero-order chi connectivity index (χ0) is 23.3. The van der Waals surface area contributed by atoms with E-state index in [1.807, 2.05) is 0 Å². The van der Waals surface area contributed by atoms with Gasteiger partial charge in [-0.25, -0.2) is 0 Å². The highest BCUT2D eigenvalue weighted by Crippen LogP contribution is 2.47. The van der Waals surface area contributed by atoms with Gasteiger partial charge in [0.25, 0.3) is 0 Å². The van der Waals surface area contributed by atoms with Crippen LogP contribution in [-0.4, -0.2) is 54.1 Å². The van der Waals surface area contributed by atoms with Gasteiger partial charge in [-0.3, -0.25) is 0 Å². The Morgan fingerprint density at radius 3 is 1.50 bits per heavy atom. The fraction of sp³-hybridized carbons (Fsp3) is 0.261. The summed E-state index contributed by atoms with van der Waals surface area (Å²) in [4.78, 5) is 0. The van der Waals surface area contributed by atoms with Crippen LogP contribution in [0, 0.1) is 0 Å². The minimum atomic E-state index is 0.325. The molecule has 0 saturated carbocycles. The lowest BCUT2D eigenvalue weighted by molar-refractivity contribution is 0.320. The summed E-state index contributed by atoms with van der Waals surface area (Å²) in [6.45, 7) is 0. The van der Waals surface area contributed by atoms with Gasteiger partial charge in [-0.05, 0) is 35.4 Å². The highest BCUT2D eigenvalue weighted by molar-refractivity contribution is 5.96. The lowest BCUT2D eigenvalue weighted by atomic mass is 9.95. The van der Waals surface area contributed by atoms with Gasteiger partial charge >= 0.3 is 0 Å². The molecule has 0 radical (unpaired) electrons. The number of rotatable bonds is 9. The van der Waals surface area contributed by atoms with Gasteiger partial charge in [-0.2, -0.15) is 0 Å². The van der Waals surface area contributed by atoms with E-state index in [-0.39, 0.29) is 0 Å². The molecule has 0 amide bonds. The Morgan fingerprint density at radius 2 is 1.12 bits per heavy atom. The van der Waals surface area contributed by atoms with Crippen LogP contribution < -0.4 is 28.4 Å². The Balaban J connectivity index is 2.32. The van der Waals surface area contributed by atoms with E-state index in [9.17, 15) is 5.21 Å². The highest BCUT2D eigenvalue weighted by atomic mass is 16.5. The molecule has 0 saturated heterocycles. The molecule has 9 heteroatoms. The number of ether oxygens (including phenoxy) is 6. The summed E-state index contributed by atoms with van der Waals surface area (Å²) >= 11 is 0. The summed E-state index contributed by atoms with van der Waals surface area (Å²) in [6, 6.07) is 7.16. The van der Waals surface area contributed by atoms with Crippen LogP contribution in [0.2, 0.25) is 0 Å². The average molecular weight is 443 g/mol. The molecule has 0 spiro atoms. The first-order valence-electron chi connectivity index (χ1n) is 9.46. The maximum absolute atomic E-state index is 9.17. The zero-order valence-corrected chi connectivity index (χ0v) is 18.7. The number of benzene rings is 2. The molecule has 1 heterocycles. The molecule has 0 unspecified atom stereocenters. The maximum atomic E-state index is 9.17. The van der Waals surface area contributed by atoms with Crippen molar-refractivity contribution in [3.05, 3.63) is 36.3 Å². The second-order valence-electron chi connectivity index (χ2n) is 6.46. The molecule has 0 aliphatic carbocycles. The summed E-state index contributed by atoms with van der Waals surface area (Å²) in [5.74, 6) is 3.14. The third-order valence-corrected chi connectivity index (χ3v) is 4.92. The van der Waals surface area contributed by atoms with Crippen molar-refractivity contribution in [2.45, 2.75) is 0 Å². The van der Waals surface area contributed by atoms with Crippen molar-refractivity contribution >= 4 is 6.21 Å². The van der Waals surface area contributed by atoms with Gasteiger partial charge < -0.3 is 38.0 Å². The van der Waals surface area contributed by atoms with Crippen molar-refractivity contribution in [2.24, 2.45) is 5.16 Å². The van der Waals surface area contributed by atoms with Gasteiger partial charge in [-0.1, -0.05) is 5.16 Å². The summed E-state index contributed by atoms with van der Waals surface area (Å²) in [5, 5.41) is 12.3. The van der Waals surface area contributed by atoms with E-state index >= 15 is 0 Å². The van der Waals surface area contributed by atoms with Crippen LogP contribution in [0.25, 0.3) is 22.3 Å². The van der Waals surface area contributed by atoms with Crippen molar-refractivity contribution in [3.8, 4) is 56.8 Å². The third-order valence-electron chi connectivity index (χ3n) is 4.92. The molecule has 1 aromatic heterocycles. The van der Waals surface area contributed by atoms with Crippen LogP contribution in [0.1, 0.15) is 5.76 Å². The molecule has 0 fully saturated rings. The smallest absolute Gasteiger partial charge is 0.203 e. The van der Waals surface area contributed by atoms with Gasteiger partial charge in [0.05, 0.1) is 48.9 Å². The van der Waals surface area contributed by atoms with Gasteiger partial charge in [-0.15, -0.1) is 0 Å². The quantitative estimate of drug-likeness (QED) is 0.294. The molecule has 170 valence electrons. The molecule has 2 aromatic carbocycles. The largest absolute Gasteiger partial charge is 0.493 e. The van der Waals surface area contributed by atoms with E-state index in [1.165, 1.54) is 34.7 Å². The number of nitrogens with zero attached hydrogens (tertiary/aromatic N) is 1. The lowest BCUT2D eigenvalue weighted by Crippen LogP contribution is -1.97. The average Bonchev–Trinajstić information content (AvgIpc) is 3.25. The first-order chi connectivity index (χ1) is 15.6. The number of hydrogen-bond donors (Lipinski definition) is 1. The third kappa shape index (κ3) is 3.96. The molecule has 1 N–H and O–H groups in total. The summed E-state index contributed by atoms with van der Waals surface area (Å²) in [5.41, 5.74) is 2.74. The van der Waals surface area contributed by atoms with Crippen LogP contribution in [-0.2, 0) is 0 Å². The van der Waals surface area contributed by atoms with Crippen molar-refractivity contribution in [3.63, 3.8) is 0 Å². The molecule has 3 rings (SSSR count). The van der Waals surface area contributed by atoms with Crippen molar-refractivity contribution in [2.75, 3.05) is 42.7 Å². The molecular weight excluding hydrogens is 418 g/mol. The molecule has 0 bridgehead atoms. The second-order valence-corrected chi connectivity index (χ2v) is 6.46. The van der Waals surface area contributed by atoms with Crippen LogP contribution >= 0.6 is 0 Å². The Hall–Kier alpha value is -4.01. The molecule has 9 nitrogen and oxygen atoms in total. The number of oxime groups is 1. The summed E-state index contributed by atoms with van der Waals surface area (Å²) < 4.78 is 38.5. The van der Waals surface area contributed by atoms with Gasteiger partial charge in [0.2, 0.25) is 11.5 Å². The number of hydrogen-bond acceptors (Lipinski definition) is 9. The molecule has 0 atom stereocenters. The molecular formula is C23H25NO8. The zero-order valence-electron chi connectivity index (χ0n) is 18.7. The summed E-state index contributed by atoms with van der Waals surface area (Å²) in [7, 11) is 9.22. The molecule has 0 aliphatic heterocycles. The van der Waals surface area contributed by atoms with Crippen molar-refractivity contribution in [1.82, 2.24) is 0 Å². The summed E-state index contributed by atoms with van der Waals surface area (Å²) in [6.07, 6.45) is 2.76. The van der Waals surface area contributed by atoms with Gasteiger partial charge in [0.1, 0.15) is 6.21 Å². The SMILES string of the molecule is COc1cc(-c2coc(C=NO)c2-c2cc(OC)c(OC)c(OC)c2)cc(OC)c1OC. The molecule has 32 heavy (non-hydrogen) atoms. The van der Waals surface area contributed by atoms with E-state index in [4.69, 9.17) is 32.8 Å². The maximum Gasteiger partial charge on any atom is 0.203 e. The Bertz CT molecular complexity index is 1070. The fourth-order valence-electron chi connectivity index (χ4n) is 3.49. The Labute approximate surface area is 185 Å². The number of furan rings is 1.